The van der Waals surface area contributed by atoms with Gasteiger partial charge >= 0.3 is 25.7 Å². The number of rotatable bonds is 50. The van der Waals surface area contributed by atoms with Crippen LogP contribution in [0.25, 0.3) is 0 Å². The summed E-state index contributed by atoms with van der Waals surface area (Å²) in [5.41, 5.74) is 18.0. The number of nitrogens with zero attached hydrogens (tertiary/aromatic N) is 2. The Morgan fingerprint density at radius 2 is 0.547 bits per heavy atom. The number of Topliss-reactive ketones (excluding diaryl/α,β-unsaturated/α-hetero) is 6. The smallest absolute Gasteiger partial charge is 0.444 e. The van der Waals surface area contributed by atoms with Crippen molar-refractivity contribution in [2.24, 2.45) is 17.2 Å². The van der Waals surface area contributed by atoms with Crippen molar-refractivity contribution < 1.29 is 107 Å². The SMILES string of the molecule is CC.CCC(=O)NC(CCSC)C(=O)NCC(=O)c1ccccc1.CCN(CC)CC.CSCCC(N)C(=O)NCC(=O)c1ccccc1.CSCCC(N)C(=O)NCC(=O)c1ccccc1.CSCCC(NC(=O)OC(C)(C)C)C(=O)NCC(=O)c1ccccc1.CSCCC(NC(=O)OC(C)(C)C)C(=O)NCC(=O)c1ccccc1.CSCCC(NC(=O)OC(C)(C)C)C(=O)ON1C(=O)CCC1=O.NCC(=O)c1ccccc1.[H+]. The number of nitrogens with two attached hydrogens (primary N) is 3. The van der Waals surface area contributed by atoms with Crippen LogP contribution >= 0.6 is 70.6 Å². The Bertz CT molecular complexity index is 4760. The quantitative estimate of drug-likeness (QED) is 0.00958. The van der Waals surface area contributed by atoms with E-state index in [-0.39, 0.29) is 118 Å². The number of ether oxygens (including phenoxy) is 3. The van der Waals surface area contributed by atoms with Gasteiger partial charge in [-0.05, 0) is 193 Å². The Morgan fingerprint density at radius 3 is 0.760 bits per heavy atom. The average molecular weight is 2200 g/mol. The highest BCUT2D eigenvalue weighted by Crippen LogP contribution is 2.18. The predicted molar refractivity (Wildman–Crippen MR) is 607 cm³/mol. The first-order valence-electron chi connectivity index (χ1n) is 49.3. The number of hydroxylamine groups is 2. The van der Waals surface area contributed by atoms with Gasteiger partial charge in [-0.2, -0.15) is 70.6 Å². The number of thioether (sulfide) groups is 6. The summed E-state index contributed by atoms with van der Waals surface area (Å²) in [6, 6.07) is 48.9. The lowest BCUT2D eigenvalue weighted by Gasteiger charge is -2.23. The molecule has 6 unspecified atom stereocenters. The lowest BCUT2D eigenvalue weighted by Crippen LogP contribution is -2.49. The van der Waals surface area contributed by atoms with Crippen LogP contribution in [0, 0.1) is 0 Å². The fourth-order valence-electron chi connectivity index (χ4n) is 11.7. The second-order valence-corrected chi connectivity index (χ2v) is 41.0. The Kier molecular flexibility index (Phi) is 78.0. The maximum absolute atomic E-state index is 12.3. The van der Waals surface area contributed by atoms with E-state index in [0.29, 0.717) is 94.2 Å². The van der Waals surface area contributed by atoms with Gasteiger partial charge in [0.1, 0.15) is 41.0 Å². The van der Waals surface area contributed by atoms with E-state index >= 15 is 0 Å². The number of alkyl carbamates (subject to hydrolysis) is 3. The van der Waals surface area contributed by atoms with E-state index in [9.17, 15) is 86.3 Å². The fraction of sp³-hybridized carbons (Fsp3) is 0.500. The van der Waals surface area contributed by atoms with Crippen LogP contribution in [0.4, 0.5) is 14.4 Å². The first-order chi connectivity index (χ1) is 71.1. The number of nitrogens with one attached hydrogen (secondary N) is 9. The van der Waals surface area contributed by atoms with E-state index in [1.165, 1.54) is 31.4 Å². The van der Waals surface area contributed by atoms with Gasteiger partial charge in [0.2, 0.25) is 35.4 Å². The molecule has 6 aromatic carbocycles. The highest BCUT2D eigenvalue weighted by molar-refractivity contribution is 7.99. The first kappa shape index (κ1) is 141. The van der Waals surface area contributed by atoms with Gasteiger partial charge in [-0.15, -0.1) is 5.06 Å². The molecular weight excluding hydrogens is 2040 g/mol. The maximum Gasteiger partial charge on any atom is 1.00 e. The van der Waals surface area contributed by atoms with Crippen molar-refractivity contribution in [1.82, 2.24) is 57.8 Å². The number of hydrogen-bond donors (Lipinski definition) is 12. The van der Waals surface area contributed by atoms with Gasteiger partial charge in [0.15, 0.2) is 34.7 Å². The van der Waals surface area contributed by atoms with Crippen LogP contribution in [0.3, 0.4) is 0 Å². The van der Waals surface area contributed by atoms with Gasteiger partial charge in [-0.25, -0.2) is 19.2 Å². The lowest BCUT2D eigenvalue weighted by atomic mass is 10.1. The molecule has 36 nitrogen and oxygen atoms in total. The fourth-order valence-corrected chi connectivity index (χ4v) is 14.6. The Hall–Kier alpha value is -11.5. The standard InChI is InChI=1S/2C18H26N2O4S.C16H22N2O3S.C14H22N2O6S.2C13H18N2O2S.C8H9NO.C6H15N.C2H6/c2*1-18(2,3)24-17(23)20-14(10-11-25-4)16(22)19-12-15(21)13-8-6-5-7-9-13;1-3-15(20)18-13(9-10-22-2)16(21)17-11-14(19)12-7-5-4-6-8-12;1-14(2,3)21-13(20)15-9(7-8-23-4)12(19)22-16-10(17)5-6-11(16)18;2*1-18-8-7-11(14)13(17)15-9-12(16)10-5-3-2-4-6-10;9-6-8(10)7-4-2-1-3-5-7;1-4-7(5-2)6-3;1-2/h2*5-9,14H,10-12H2,1-4H3,(H,19,22)(H,20,23);4-8,13H,3,9-11H2,1-2H3,(H,17,21)(H,18,20);9H,5-8H2,1-4H3,(H,15,20);2*2-6,11H,7-9,14H2,1H3,(H,15,17);1-5H,6,9H2;4-6H2,1-3H3;1-2H3/p+1. The molecule has 0 aliphatic carbocycles. The Labute approximate surface area is 913 Å². The lowest BCUT2D eigenvalue weighted by molar-refractivity contribution is -0.198. The van der Waals surface area contributed by atoms with Gasteiger partial charge in [0, 0.05) is 52.6 Å². The molecule has 0 aromatic heterocycles. The Morgan fingerprint density at radius 1 is 0.333 bits per heavy atom. The molecule has 11 amide bonds. The molecule has 1 aliphatic rings. The van der Waals surface area contributed by atoms with E-state index in [1.807, 2.05) is 99.9 Å². The highest BCUT2D eigenvalue weighted by Gasteiger charge is 2.37. The van der Waals surface area contributed by atoms with Crippen LogP contribution in [0.15, 0.2) is 182 Å². The van der Waals surface area contributed by atoms with Crippen LogP contribution < -0.4 is 65.1 Å². The third-order valence-electron chi connectivity index (χ3n) is 19.7. The zero-order chi connectivity index (χ0) is 114. The summed E-state index contributed by atoms with van der Waals surface area (Å²) in [6.45, 7) is 31.2. The van der Waals surface area contributed by atoms with Crippen molar-refractivity contribution in [2.75, 3.05) is 131 Å². The normalized spacial score (nSPS) is 12.2. The molecule has 1 saturated heterocycles. The van der Waals surface area contributed by atoms with E-state index in [2.05, 4.69) is 73.5 Å². The van der Waals surface area contributed by atoms with Crippen LogP contribution in [-0.4, -0.2) is 300 Å². The molecular formula is C108H163N14O22S6+. The summed E-state index contributed by atoms with van der Waals surface area (Å²) in [5.74, 6) is -0.185. The minimum Gasteiger partial charge on any atom is -0.444 e. The summed E-state index contributed by atoms with van der Waals surface area (Å²) in [7, 11) is 0. The van der Waals surface area contributed by atoms with Crippen molar-refractivity contribution >= 4 is 177 Å². The monoisotopic (exact) mass is 2200 g/mol. The number of hydrogen-bond acceptors (Lipinski definition) is 32. The molecule has 0 bridgehead atoms. The van der Waals surface area contributed by atoms with Crippen molar-refractivity contribution in [2.45, 2.75) is 215 Å². The summed E-state index contributed by atoms with van der Waals surface area (Å²) < 4.78 is 15.5. The molecule has 0 radical (unpaired) electrons. The second-order valence-electron chi connectivity index (χ2n) is 35.1. The van der Waals surface area contributed by atoms with E-state index in [0.717, 1.165) is 17.3 Å². The third kappa shape index (κ3) is 68.4. The zero-order valence-electron chi connectivity index (χ0n) is 91.8. The second kappa shape index (κ2) is 83.2. The topological polar surface area (TPSA) is 537 Å². The number of amides is 11. The van der Waals surface area contributed by atoms with Gasteiger partial charge in [0.05, 0.1) is 51.4 Å². The molecule has 832 valence electrons. The van der Waals surface area contributed by atoms with E-state index in [1.54, 1.807) is 262 Å². The number of ketones is 6. The minimum absolute atomic E-state index is 0. The summed E-state index contributed by atoms with van der Waals surface area (Å²) in [4.78, 5) is 220. The van der Waals surface area contributed by atoms with Crippen molar-refractivity contribution in [3.05, 3.63) is 215 Å². The molecule has 7 rings (SSSR count). The van der Waals surface area contributed by atoms with Crippen LogP contribution in [0.2, 0.25) is 0 Å². The minimum atomic E-state index is -1.00. The largest absolute Gasteiger partial charge is 1.00 e. The third-order valence-corrected chi connectivity index (χ3v) is 23.6. The molecule has 42 heteroatoms. The van der Waals surface area contributed by atoms with E-state index in [4.69, 9.17) is 36.2 Å². The van der Waals surface area contributed by atoms with Gasteiger partial charge in [-0.3, -0.25) is 67.1 Å². The molecule has 150 heavy (non-hydrogen) atoms. The molecule has 6 aromatic rings. The van der Waals surface area contributed by atoms with Crippen LogP contribution in [-0.2, 0) is 62.2 Å². The Balaban J connectivity index is -0.00000168. The van der Waals surface area contributed by atoms with Crippen LogP contribution in [0.1, 0.15) is 225 Å². The number of imide groups is 1. The van der Waals surface area contributed by atoms with E-state index < -0.39 is 101 Å². The summed E-state index contributed by atoms with van der Waals surface area (Å²) >= 11 is 9.51. The van der Waals surface area contributed by atoms with Gasteiger partial charge in [-0.1, -0.05) is 224 Å². The summed E-state index contributed by atoms with van der Waals surface area (Å²) in [5, 5.41) is 23.6. The number of carbonyl (C=O) groups is 18. The number of carbonyl (C=O) groups excluding carboxylic acids is 18. The van der Waals surface area contributed by atoms with Crippen molar-refractivity contribution in [3.8, 4) is 0 Å². The molecule has 1 heterocycles. The van der Waals surface area contributed by atoms with Crippen LogP contribution in [0.5, 0.6) is 0 Å². The van der Waals surface area contributed by atoms with Crippen molar-refractivity contribution in [3.63, 3.8) is 0 Å². The molecule has 1 aliphatic heterocycles. The zero-order valence-corrected chi connectivity index (χ0v) is 95.7. The average Bonchev–Trinajstić information content (AvgIpc) is 1.72. The van der Waals surface area contributed by atoms with Gasteiger partial charge < -0.3 is 89.0 Å². The highest BCUT2D eigenvalue weighted by atomic mass is 32.2. The van der Waals surface area contributed by atoms with Crippen molar-refractivity contribution in [1.29, 1.82) is 0 Å². The number of benzene rings is 6. The molecule has 0 saturated carbocycles. The molecule has 15 N–H and O–H groups in total. The molecule has 1 fully saturated rings. The molecule has 6 atom stereocenters. The summed E-state index contributed by atoms with van der Waals surface area (Å²) in [6.07, 6.45) is 12.8. The van der Waals surface area contributed by atoms with Gasteiger partial charge in [0.25, 0.3) is 11.8 Å². The first-order valence-corrected chi connectivity index (χ1v) is 57.6. The molecule has 0 spiro atoms. The maximum atomic E-state index is 12.3. The predicted octanol–water partition coefficient (Wildman–Crippen LogP) is 13.6.